The minimum absolute atomic E-state index is 0.00340. The van der Waals surface area contributed by atoms with Crippen LogP contribution in [0.25, 0.3) is 0 Å². The van der Waals surface area contributed by atoms with Crippen LogP contribution in [0.15, 0.2) is 54.7 Å². The van der Waals surface area contributed by atoms with E-state index in [0.29, 0.717) is 17.9 Å². The summed E-state index contributed by atoms with van der Waals surface area (Å²) in [5.41, 5.74) is -0.777. The number of pyridine rings is 1. The molecule has 0 aliphatic carbocycles. The number of benzene rings is 2. The van der Waals surface area contributed by atoms with Crippen molar-refractivity contribution in [1.29, 1.82) is 0 Å². The molecule has 0 atom stereocenters. The van der Waals surface area contributed by atoms with E-state index in [1.807, 2.05) is 19.0 Å². The van der Waals surface area contributed by atoms with Crippen molar-refractivity contribution < 1.29 is 37.3 Å². The third-order valence-electron chi connectivity index (χ3n) is 4.98. The number of carboxylic acids is 1. The van der Waals surface area contributed by atoms with Crippen LogP contribution in [0.2, 0.25) is 5.02 Å². The van der Waals surface area contributed by atoms with Crippen LogP contribution in [0.3, 0.4) is 0 Å². The van der Waals surface area contributed by atoms with Crippen molar-refractivity contribution >= 4 is 29.3 Å². The fourth-order valence-corrected chi connectivity index (χ4v) is 3.34. The lowest BCUT2D eigenvalue weighted by Crippen LogP contribution is -2.28. The molecule has 0 aliphatic rings. The third-order valence-corrected chi connectivity index (χ3v) is 5.29. The third kappa shape index (κ3) is 8.25. The van der Waals surface area contributed by atoms with Crippen molar-refractivity contribution in [2.75, 3.05) is 32.6 Å². The van der Waals surface area contributed by atoms with E-state index in [1.54, 1.807) is 24.3 Å². The highest BCUT2D eigenvalue weighted by molar-refractivity contribution is 6.31. The number of rotatable bonds is 10. The molecule has 2 amide bonds. The number of hydrogen-bond donors (Lipinski definition) is 3. The molecule has 1 heterocycles. The maximum Gasteiger partial charge on any atom is 0.417 e. The zero-order chi connectivity index (χ0) is 27.9. The molecular formula is C25H24ClF3N4O5. The van der Waals surface area contributed by atoms with E-state index >= 15 is 0 Å². The number of halogens is 4. The number of ether oxygens (including phenoxy) is 2. The number of nitrogens with one attached hydrogen (secondary N) is 2. The Morgan fingerprint density at radius 1 is 1.08 bits per heavy atom. The van der Waals surface area contributed by atoms with E-state index in [1.165, 1.54) is 18.3 Å². The number of hydrogen-bond acceptors (Lipinski definition) is 6. The molecule has 0 saturated carbocycles. The fraction of sp³-hybridized carbons (Fsp3) is 0.240. The molecule has 202 valence electrons. The molecule has 2 aromatic carbocycles. The topological polar surface area (TPSA) is 113 Å². The predicted octanol–water partition coefficient (Wildman–Crippen LogP) is 5.51. The molecule has 0 spiro atoms. The largest absolute Gasteiger partial charge is 0.490 e. The van der Waals surface area contributed by atoms with E-state index < -0.39 is 28.8 Å². The van der Waals surface area contributed by atoms with Gasteiger partial charge < -0.3 is 30.1 Å². The van der Waals surface area contributed by atoms with Gasteiger partial charge in [0.1, 0.15) is 23.9 Å². The molecule has 0 radical (unpaired) electrons. The van der Waals surface area contributed by atoms with Gasteiger partial charge in [-0.15, -0.1) is 0 Å². The molecule has 9 nitrogen and oxygen atoms in total. The Kier molecular flexibility index (Phi) is 9.37. The summed E-state index contributed by atoms with van der Waals surface area (Å²) in [7, 11) is 3.62. The predicted molar refractivity (Wildman–Crippen MR) is 134 cm³/mol. The highest BCUT2D eigenvalue weighted by Gasteiger charge is 2.34. The van der Waals surface area contributed by atoms with E-state index in [4.69, 9.17) is 26.2 Å². The summed E-state index contributed by atoms with van der Waals surface area (Å²) in [4.78, 5) is 29.1. The molecule has 13 heteroatoms. The van der Waals surface area contributed by atoms with Crippen LogP contribution < -0.4 is 20.1 Å². The van der Waals surface area contributed by atoms with Crippen LogP contribution in [-0.4, -0.2) is 54.2 Å². The van der Waals surface area contributed by atoms with Gasteiger partial charge in [0.2, 0.25) is 0 Å². The van der Waals surface area contributed by atoms with E-state index in [-0.39, 0.29) is 36.0 Å². The maximum absolute atomic E-state index is 13.4. The Labute approximate surface area is 221 Å². The standard InChI is InChI=1S/C25H24ClF3N4O5/c1-33(2)9-10-37-22-13-19(26)18(25(27,28)29)12-20(22)32-24(36)31-14-15-3-5-16(6-4-15)38-17-7-8-30-21(11-17)23(34)35/h3-8,11-13H,9-10,14H2,1-2H3,(H,34,35)(H2,31,32,36). The number of alkyl halides is 3. The molecule has 0 aliphatic heterocycles. The highest BCUT2D eigenvalue weighted by Crippen LogP contribution is 2.40. The number of aromatic carboxylic acids is 1. The van der Waals surface area contributed by atoms with Crippen LogP contribution in [0, 0.1) is 0 Å². The Hall–Kier alpha value is -4.03. The Morgan fingerprint density at radius 2 is 1.79 bits per heavy atom. The number of likely N-dealkylation sites (N-methyl/N-ethyl adjacent to an activating group) is 1. The molecular weight excluding hydrogens is 529 g/mol. The number of carbonyl (C=O) groups excluding carboxylic acids is 1. The van der Waals surface area contributed by atoms with Gasteiger partial charge in [0.25, 0.3) is 0 Å². The zero-order valence-corrected chi connectivity index (χ0v) is 21.1. The average Bonchev–Trinajstić information content (AvgIpc) is 2.84. The van der Waals surface area contributed by atoms with Gasteiger partial charge in [0.15, 0.2) is 5.69 Å². The van der Waals surface area contributed by atoms with Gasteiger partial charge in [-0.1, -0.05) is 23.7 Å². The van der Waals surface area contributed by atoms with Crippen molar-refractivity contribution in [3.8, 4) is 17.2 Å². The Morgan fingerprint density at radius 3 is 2.42 bits per heavy atom. The van der Waals surface area contributed by atoms with Crippen LogP contribution in [0.5, 0.6) is 17.2 Å². The van der Waals surface area contributed by atoms with Crippen LogP contribution in [-0.2, 0) is 12.7 Å². The second-order valence-electron chi connectivity index (χ2n) is 8.21. The zero-order valence-electron chi connectivity index (χ0n) is 20.3. The highest BCUT2D eigenvalue weighted by atomic mass is 35.5. The van der Waals surface area contributed by atoms with E-state index in [9.17, 15) is 22.8 Å². The lowest BCUT2D eigenvalue weighted by atomic mass is 10.1. The smallest absolute Gasteiger partial charge is 0.417 e. The number of nitrogens with zero attached hydrogens (tertiary/aromatic N) is 2. The molecule has 0 bridgehead atoms. The maximum atomic E-state index is 13.4. The summed E-state index contributed by atoms with van der Waals surface area (Å²) >= 11 is 5.81. The van der Waals surface area contributed by atoms with Gasteiger partial charge in [-0.25, -0.2) is 14.6 Å². The van der Waals surface area contributed by atoms with Crippen LogP contribution in [0.1, 0.15) is 21.6 Å². The second kappa shape index (κ2) is 12.5. The van der Waals surface area contributed by atoms with Crippen molar-refractivity contribution in [2.24, 2.45) is 0 Å². The summed E-state index contributed by atoms with van der Waals surface area (Å²) in [6, 6.07) is 10.3. The Balaban J connectivity index is 1.64. The number of amides is 2. The Bertz CT molecular complexity index is 1290. The summed E-state index contributed by atoms with van der Waals surface area (Å²) in [5, 5.41) is 13.4. The first-order chi connectivity index (χ1) is 17.9. The monoisotopic (exact) mass is 552 g/mol. The molecule has 3 rings (SSSR count). The first-order valence-corrected chi connectivity index (χ1v) is 11.5. The van der Waals surface area contributed by atoms with Crippen molar-refractivity contribution in [1.82, 2.24) is 15.2 Å². The number of carboxylic acid groups (broad SMARTS) is 1. The van der Waals surface area contributed by atoms with Gasteiger partial charge in [-0.3, -0.25) is 0 Å². The van der Waals surface area contributed by atoms with Crippen LogP contribution >= 0.6 is 11.6 Å². The summed E-state index contributed by atoms with van der Waals surface area (Å²) in [5.74, 6) is -0.479. The normalized spacial score (nSPS) is 11.2. The lowest BCUT2D eigenvalue weighted by molar-refractivity contribution is -0.137. The van der Waals surface area contributed by atoms with Crippen molar-refractivity contribution in [3.63, 3.8) is 0 Å². The summed E-state index contributed by atoms with van der Waals surface area (Å²) in [6.45, 7) is 0.712. The fourth-order valence-electron chi connectivity index (χ4n) is 3.08. The van der Waals surface area contributed by atoms with Gasteiger partial charge >= 0.3 is 18.2 Å². The molecule has 3 aromatic rings. The molecule has 38 heavy (non-hydrogen) atoms. The minimum Gasteiger partial charge on any atom is -0.490 e. The quantitative estimate of drug-likeness (QED) is 0.304. The lowest BCUT2D eigenvalue weighted by Gasteiger charge is -2.18. The van der Waals surface area contributed by atoms with Crippen molar-refractivity contribution in [2.45, 2.75) is 12.7 Å². The molecule has 0 unspecified atom stereocenters. The van der Waals surface area contributed by atoms with Crippen molar-refractivity contribution in [3.05, 3.63) is 76.6 Å². The first-order valence-electron chi connectivity index (χ1n) is 11.1. The van der Waals surface area contributed by atoms with Gasteiger partial charge in [-0.2, -0.15) is 13.2 Å². The van der Waals surface area contributed by atoms with Gasteiger partial charge in [0, 0.05) is 31.4 Å². The summed E-state index contributed by atoms with van der Waals surface area (Å²) < 4.78 is 51.2. The van der Waals surface area contributed by atoms with Crippen LogP contribution in [0.4, 0.5) is 23.7 Å². The SMILES string of the molecule is CN(C)CCOc1cc(Cl)c(C(F)(F)F)cc1NC(=O)NCc1ccc(Oc2ccnc(C(=O)O)c2)cc1. The number of aromatic nitrogens is 1. The number of anilines is 1. The van der Waals surface area contributed by atoms with E-state index in [2.05, 4.69) is 15.6 Å². The molecule has 0 saturated heterocycles. The minimum atomic E-state index is -4.72. The molecule has 1 aromatic heterocycles. The first kappa shape index (κ1) is 28.5. The number of urea groups is 1. The van der Waals surface area contributed by atoms with Gasteiger partial charge in [-0.05, 0) is 43.9 Å². The second-order valence-corrected chi connectivity index (χ2v) is 8.62. The molecule has 3 N–H and O–H groups in total. The number of carbonyl (C=O) groups is 2. The summed E-state index contributed by atoms with van der Waals surface area (Å²) in [6.07, 6.45) is -3.41. The average molecular weight is 553 g/mol. The van der Waals surface area contributed by atoms with E-state index in [0.717, 1.165) is 12.1 Å². The van der Waals surface area contributed by atoms with Gasteiger partial charge in [0.05, 0.1) is 16.3 Å². The molecule has 0 fully saturated rings.